The van der Waals surface area contributed by atoms with Crippen molar-refractivity contribution in [3.63, 3.8) is 0 Å². The second-order valence-electron chi connectivity index (χ2n) is 8.20. The van der Waals surface area contributed by atoms with Crippen molar-refractivity contribution in [2.75, 3.05) is 24.6 Å². The minimum Gasteiger partial charge on any atom is -0.508 e. The van der Waals surface area contributed by atoms with Crippen LogP contribution < -0.4 is 4.90 Å². The van der Waals surface area contributed by atoms with E-state index in [1.54, 1.807) is 6.07 Å². The standard InChI is InChI=1S/C25H38N2O2/c1-6-16-29-19-22-12-13-25(28)23(17-22)18-26(24-10-8-7-9-11-24)14-15-27(20(2)3)21(4)5/h7-13,17,20-21,28H,6,14-16,18-19H2,1-5H3. The Kier molecular flexibility index (Phi) is 9.49. The first-order chi connectivity index (χ1) is 13.9. The van der Waals surface area contributed by atoms with Crippen molar-refractivity contribution < 1.29 is 9.84 Å². The molecule has 4 heteroatoms. The predicted octanol–water partition coefficient (Wildman–Crippen LogP) is 5.44. The van der Waals surface area contributed by atoms with Gasteiger partial charge in [-0.15, -0.1) is 0 Å². The summed E-state index contributed by atoms with van der Waals surface area (Å²) in [5.74, 6) is 0.342. The molecule has 2 aromatic carbocycles. The van der Waals surface area contributed by atoms with Gasteiger partial charge in [0.1, 0.15) is 5.75 Å². The SMILES string of the molecule is CCCOCc1ccc(O)c(CN(CCN(C(C)C)C(C)C)c2ccccc2)c1. The molecule has 0 fully saturated rings. The van der Waals surface area contributed by atoms with E-state index >= 15 is 0 Å². The summed E-state index contributed by atoms with van der Waals surface area (Å²) in [4.78, 5) is 4.86. The lowest BCUT2D eigenvalue weighted by atomic mass is 10.1. The maximum absolute atomic E-state index is 10.5. The average molecular weight is 399 g/mol. The highest BCUT2D eigenvalue weighted by atomic mass is 16.5. The van der Waals surface area contributed by atoms with Crippen LogP contribution in [0.3, 0.4) is 0 Å². The number of ether oxygens (including phenoxy) is 1. The van der Waals surface area contributed by atoms with Gasteiger partial charge in [-0.1, -0.05) is 31.2 Å². The van der Waals surface area contributed by atoms with Crippen LogP contribution in [-0.2, 0) is 17.9 Å². The summed E-state index contributed by atoms with van der Waals surface area (Å²) in [6.07, 6.45) is 1.01. The highest BCUT2D eigenvalue weighted by Gasteiger charge is 2.17. The van der Waals surface area contributed by atoms with E-state index in [9.17, 15) is 5.11 Å². The molecule has 0 spiro atoms. The number of para-hydroxylation sites is 1. The molecule has 1 N–H and O–H groups in total. The second-order valence-corrected chi connectivity index (χ2v) is 8.20. The zero-order valence-corrected chi connectivity index (χ0v) is 18.8. The summed E-state index contributed by atoms with van der Waals surface area (Å²) in [6.45, 7) is 15.0. The van der Waals surface area contributed by atoms with Gasteiger partial charge in [-0.3, -0.25) is 4.90 Å². The van der Waals surface area contributed by atoms with Gasteiger partial charge < -0.3 is 14.7 Å². The van der Waals surface area contributed by atoms with Gasteiger partial charge in [-0.25, -0.2) is 0 Å². The molecule has 0 aliphatic rings. The second kappa shape index (κ2) is 11.8. The molecule has 0 bridgehead atoms. The van der Waals surface area contributed by atoms with Crippen LogP contribution in [0.1, 0.15) is 52.2 Å². The zero-order valence-electron chi connectivity index (χ0n) is 18.8. The number of benzene rings is 2. The van der Waals surface area contributed by atoms with Crippen molar-refractivity contribution >= 4 is 5.69 Å². The Balaban J connectivity index is 2.18. The Bertz CT molecular complexity index is 708. The third-order valence-electron chi connectivity index (χ3n) is 5.20. The van der Waals surface area contributed by atoms with Crippen LogP contribution in [0.4, 0.5) is 5.69 Å². The number of rotatable bonds is 12. The number of hydrogen-bond donors (Lipinski definition) is 1. The van der Waals surface area contributed by atoms with Crippen LogP contribution in [0.5, 0.6) is 5.75 Å². The lowest BCUT2D eigenvalue weighted by Crippen LogP contribution is -2.42. The van der Waals surface area contributed by atoms with Crippen LogP contribution in [-0.4, -0.2) is 41.8 Å². The minimum absolute atomic E-state index is 0.342. The van der Waals surface area contributed by atoms with Crippen molar-refractivity contribution in [2.45, 2.75) is 66.3 Å². The first kappa shape index (κ1) is 23.2. The Hall–Kier alpha value is -2.04. The van der Waals surface area contributed by atoms with Crippen LogP contribution in [0.25, 0.3) is 0 Å². The monoisotopic (exact) mass is 398 g/mol. The van der Waals surface area contributed by atoms with E-state index in [0.29, 0.717) is 31.0 Å². The first-order valence-corrected chi connectivity index (χ1v) is 10.9. The van der Waals surface area contributed by atoms with Gasteiger partial charge in [0, 0.05) is 49.6 Å². The molecule has 160 valence electrons. The summed E-state index contributed by atoms with van der Waals surface area (Å²) >= 11 is 0. The van der Waals surface area contributed by atoms with Crippen molar-refractivity contribution in [1.29, 1.82) is 0 Å². The molecule has 0 amide bonds. The Labute approximate surface area is 177 Å². The highest BCUT2D eigenvalue weighted by Crippen LogP contribution is 2.24. The van der Waals surface area contributed by atoms with Crippen molar-refractivity contribution in [1.82, 2.24) is 4.90 Å². The van der Waals surface area contributed by atoms with Gasteiger partial charge in [0.05, 0.1) is 6.61 Å². The van der Waals surface area contributed by atoms with Crippen LogP contribution in [0.2, 0.25) is 0 Å². The summed E-state index contributed by atoms with van der Waals surface area (Å²) < 4.78 is 5.68. The number of anilines is 1. The summed E-state index contributed by atoms with van der Waals surface area (Å²) in [5, 5.41) is 10.5. The number of nitrogens with zero attached hydrogens (tertiary/aromatic N) is 2. The molecule has 0 aliphatic heterocycles. The van der Waals surface area contributed by atoms with Gasteiger partial charge in [0.2, 0.25) is 0 Å². The van der Waals surface area contributed by atoms with Crippen molar-refractivity contribution in [2.24, 2.45) is 0 Å². The van der Waals surface area contributed by atoms with Crippen LogP contribution in [0, 0.1) is 0 Å². The molecular formula is C25H38N2O2. The van der Waals surface area contributed by atoms with E-state index in [0.717, 1.165) is 37.2 Å². The number of phenols is 1. The molecule has 0 unspecified atom stereocenters. The highest BCUT2D eigenvalue weighted by molar-refractivity contribution is 5.48. The van der Waals surface area contributed by atoms with Crippen LogP contribution in [0.15, 0.2) is 48.5 Å². The lowest BCUT2D eigenvalue weighted by molar-refractivity contribution is 0.121. The summed E-state index contributed by atoms with van der Waals surface area (Å²) in [7, 11) is 0. The number of hydrogen-bond acceptors (Lipinski definition) is 4. The van der Waals surface area contributed by atoms with Gasteiger partial charge >= 0.3 is 0 Å². The molecule has 4 nitrogen and oxygen atoms in total. The van der Waals surface area contributed by atoms with Crippen molar-refractivity contribution in [3.05, 3.63) is 59.7 Å². The Morgan fingerprint density at radius 1 is 0.931 bits per heavy atom. The van der Waals surface area contributed by atoms with Gasteiger partial charge in [0.25, 0.3) is 0 Å². The number of phenolic OH excluding ortho intramolecular Hbond substituents is 1. The molecule has 29 heavy (non-hydrogen) atoms. The topological polar surface area (TPSA) is 35.9 Å². The fourth-order valence-corrected chi connectivity index (χ4v) is 3.68. The first-order valence-electron chi connectivity index (χ1n) is 10.9. The normalized spacial score (nSPS) is 11.6. The predicted molar refractivity (Wildman–Crippen MR) is 123 cm³/mol. The molecule has 0 saturated heterocycles. The third-order valence-corrected chi connectivity index (χ3v) is 5.20. The van der Waals surface area contributed by atoms with E-state index < -0.39 is 0 Å². The summed E-state index contributed by atoms with van der Waals surface area (Å²) in [6, 6.07) is 17.3. The third kappa shape index (κ3) is 7.37. The minimum atomic E-state index is 0.342. The fraction of sp³-hybridized carbons (Fsp3) is 0.520. The Morgan fingerprint density at radius 3 is 2.24 bits per heavy atom. The van der Waals surface area contributed by atoms with E-state index in [4.69, 9.17) is 4.74 Å². The fourth-order valence-electron chi connectivity index (χ4n) is 3.68. The van der Waals surface area contributed by atoms with E-state index in [2.05, 4.69) is 74.8 Å². The molecule has 2 aromatic rings. The van der Waals surface area contributed by atoms with Gasteiger partial charge in [-0.05, 0) is 63.9 Å². The number of aromatic hydroxyl groups is 1. The average Bonchev–Trinajstić information content (AvgIpc) is 2.69. The van der Waals surface area contributed by atoms with Gasteiger partial charge in [-0.2, -0.15) is 0 Å². The molecule has 0 saturated carbocycles. The molecule has 2 rings (SSSR count). The van der Waals surface area contributed by atoms with Crippen LogP contribution >= 0.6 is 0 Å². The quantitative estimate of drug-likeness (QED) is 0.483. The van der Waals surface area contributed by atoms with Crippen molar-refractivity contribution in [3.8, 4) is 5.75 Å². The molecule has 0 atom stereocenters. The molecule has 0 radical (unpaired) electrons. The molecule has 0 aliphatic carbocycles. The molecule has 0 heterocycles. The zero-order chi connectivity index (χ0) is 21.2. The maximum atomic E-state index is 10.5. The summed E-state index contributed by atoms with van der Waals surface area (Å²) in [5.41, 5.74) is 3.21. The molecule has 0 aromatic heterocycles. The van der Waals surface area contributed by atoms with E-state index in [1.165, 1.54) is 5.69 Å². The van der Waals surface area contributed by atoms with E-state index in [-0.39, 0.29) is 0 Å². The maximum Gasteiger partial charge on any atom is 0.120 e. The van der Waals surface area contributed by atoms with Gasteiger partial charge in [0.15, 0.2) is 0 Å². The Morgan fingerprint density at radius 2 is 1.62 bits per heavy atom. The molecular weight excluding hydrogens is 360 g/mol. The largest absolute Gasteiger partial charge is 0.508 e. The van der Waals surface area contributed by atoms with E-state index in [1.807, 2.05) is 12.1 Å². The smallest absolute Gasteiger partial charge is 0.120 e. The lowest BCUT2D eigenvalue weighted by Gasteiger charge is -2.34.